The highest BCUT2D eigenvalue weighted by molar-refractivity contribution is 5.76. The first kappa shape index (κ1) is 12.9. The SMILES string of the molecule is O=C(Cn1ccc(-c2ccccc2)n1)N1CCOCC1. The van der Waals surface area contributed by atoms with Gasteiger partial charge in [0.1, 0.15) is 6.54 Å². The molecule has 1 aromatic carbocycles. The Bertz CT molecular complexity index is 574. The highest BCUT2D eigenvalue weighted by Gasteiger charge is 2.17. The van der Waals surface area contributed by atoms with Crippen LogP contribution in [0, 0.1) is 0 Å². The van der Waals surface area contributed by atoms with Gasteiger partial charge in [-0.3, -0.25) is 9.48 Å². The zero-order valence-electron chi connectivity index (χ0n) is 11.2. The summed E-state index contributed by atoms with van der Waals surface area (Å²) in [7, 11) is 0. The molecule has 1 amide bonds. The Kier molecular flexibility index (Phi) is 3.78. The molecule has 1 aliphatic rings. The number of morpholine rings is 1. The van der Waals surface area contributed by atoms with Gasteiger partial charge in [-0.05, 0) is 6.07 Å². The van der Waals surface area contributed by atoms with Gasteiger partial charge in [0.15, 0.2) is 0 Å². The number of nitrogens with zero attached hydrogens (tertiary/aromatic N) is 3. The summed E-state index contributed by atoms with van der Waals surface area (Å²) in [5, 5.41) is 4.45. The van der Waals surface area contributed by atoms with Gasteiger partial charge in [-0.25, -0.2) is 0 Å². The predicted octanol–water partition coefficient (Wildman–Crippen LogP) is 1.41. The van der Waals surface area contributed by atoms with Gasteiger partial charge in [0.25, 0.3) is 0 Å². The molecule has 20 heavy (non-hydrogen) atoms. The fraction of sp³-hybridized carbons (Fsp3) is 0.333. The van der Waals surface area contributed by atoms with E-state index in [1.165, 1.54) is 0 Å². The second-order valence-corrected chi connectivity index (χ2v) is 4.76. The van der Waals surface area contributed by atoms with E-state index in [-0.39, 0.29) is 12.5 Å². The lowest BCUT2D eigenvalue weighted by molar-refractivity contribution is -0.136. The van der Waals surface area contributed by atoms with Crippen LogP contribution in [0.3, 0.4) is 0 Å². The van der Waals surface area contributed by atoms with Crippen LogP contribution >= 0.6 is 0 Å². The maximum atomic E-state index is 12.1. The molecular weight excluding hydrogens is 254 g/mol. The summed E-state index contributed by atoms with van der Waals surface area (Å²) < 4.78 is 6.94. The smallest absolute Gasteiger partial charge is 0.244 e. The van der Waals surface area contributed by atoms with E-state index in [4.69, 9.17) is 4.74 Å². The van der Waals surface area contributed by atoms with Crippen molar-refractivity contribution in [2.45, 2.75) is 6.54 Å². The first-order chi connectivity index (χ1) is 9.83. The summed E-state index contributed by atoms with van der Waals surface area (Å²) in [6.07, 6.45) is 1.85. The van der Waals surface area contributed by atoms with E-state index in [1.54, 1.807) is 4.68 Å². The molecule has 2 heterocycles. The quantitative estimate of drug-likeness (QED) is 0.848. The Morgan fingerprint density at radius 1 is 1.15 bits per heavy atom. The summed E-state index contributed by atoms with van der Waals surface area (Å²) in [6.45, 7) is 2.88. The molecule has 0 aliphatic carbocycles. The number of benzene rings is 1. The van der Waals surface area contributed by atoms with Crippen molar-refractivity contribution in [1.29, 1.82) is 0 Å². The van der Waals surface area contributed by atoms with E-state index in [1.807, 2.05) is 47.5 Å². The molecule has 0 radical (unpaired) electrons. The van der Waals surface area contributed by atoms with Gasteiger partial charge < -0.3 is 9.64 Å². The Morgan fingerprint density at radius 3 is 2.65 bits per heavy atom. The Morgan fingerprint density at radius 2 is 1.90 bits per heavy atom. The summed E-state index contributed by atoms with van der Waals surface area (Å²) in [6, 6.07) is 11.9. The molecule has 1 fully saturated rings. The lowest BCUT2D eigenvalue weighted by Crippen LogP contribution is -2.42. The van der Waals surface area contributed by atoms with Crippen molar-refractivity contribution in [2.24, 2.45) is 0 Å². The number of hydrogen-bond acceptors (Lipinski definition) is 3. The molecule has 104 valence electrons. The van der Waals surface area contributed by atoms with E-state index in [9.17, 15) is 4.79 Å². The van der Waals surface area contributed by atoms with Gasteiger partial charge >= 0.3 is 0 Å². The second-order valence-electron chi connectivity index (χ2n) is 4.76. The fourth-order valence-electron chi connectivity index (χ4n) is 2.26. The summed E-state index contributed by atoms with van der Waals surface area (Å²) >= 11 is 0. The fourth-order valence-corrected chi connectivity index (χ4v) is 2.26. The van der Waals surface area contributed by atoms with Crippen LogP contribution in [-0.2, 0) is 16.1 Å². The monoisotopic (exact) mass is 271 g/mol. The minimum absolute atomic E-state index is 0.0935. The predicted molar refractivity (Wildman–Crippen MR) is 75.1 cm³/mol. The topological polar surface area (TPSA) is 47.4 Å². The van der Waals surface area contributed by atoms with Crippen LogP contribution in [-0.4, -0.2) is 46.9 Å². The maximum absolute atomic E-state index is 12.1. The standard InChI is InChI=1S/C15H17N3O2/c19-15(17-8-10-20-11-9-17)12-18-7-6-14(16-18)13-4-2-1-3-5-13/h1-7H,8-12H2. The number of rotatable bonds is 3. The third kappa shape index (κ3) is 2.88. The molecule has 1 saturated heterocycles. The van der Waals surface area contributed by atoms with Crippen molar-refractivity contribution in [3.8, 4) is 11.3 Å². The maximum Gasteiger partial charge on any atom is 0.244 e. The normalized spacial score (nSPS) is 15.3. The van der Waals surface area contributed by atoms with E-state index in [0.29, 0.717) is 26.3 Å². The van der Waals surface area contributed by atoms with Crippen molar-refractivity contribution >= 4 is 5.91 Å². The first-order valence-corrected chi connectivity index (χ1v) is 6.77. The number of ether oxygens (including phenoxy) is 1. The van der Waals surface area contributed by atoms with Crippen LogP contribution < -0.4 is 0 Å². The number of carbonyl (C=O) groups is 1. The minimum Gasteiger partial charge on any atom is -0.378 e. The molecule has 1 aliphatic heterocycles. The second kappa shape index (κ2) is 5.88. The summed E-state index contributed by atoms with van der Waals surface area (Å²) in [5.74, 6) is 0.0935. The molecule has 0 spiro atoms. The van der Waals surface area contributed by atoms with E-state index in [0.717, 1.165) is 11.3 Å². The molecule has 0 unspecified atom stereocenters. The minimum atomic E-state index is 0.0935. The van der Waals surface area contributed by atoms with Gasteiger partial charge in [0.05, 0.1) is 18.9 Å². The summed E-state index contributed by atoms with van der Waals surface area (Å²) in [5.41, 5.74) is 1.95. The van der Waals surface area contributed by atoms with Gasteiger partial charge in [-0.15, -0.1) is 0 Å². The number of carbonyl (C=O) groups excluding carboxylic acids is 1. The zero-order valence-corrected chi connectivity index (χ0v) is 11.2. The van der Waals surface area contributed by atoms with E-state index < -0.39 is 0 Å². The molecule has 5 nitrogen and oxygen atoms in total. The van der Waals surface area contributed by atoms with Crippen LogP contribution in [0.1, 0.15) is 0 Å². The third-order valence-corrected chi connectivity index (χ3v) is 3.37. The van der Waals surface area contributed by atoms with Crippen molar-refractivity contribution < 1.29 is 9.53 Å². The van der Waals surface area contributed by atoms with Crippen LogP contribution in [0.15, 0.2) is 42.6 Å². The molecule has 0 atom stereocenters. The highest BCUT2D eigenvalue weighted by Crippen LogP contribution is 2.15. The van der Waals surface area contributed by atoms with Gasteiger partial charge in [0.2, 0.25) is 5.91 Å². The molecule has 2 aromatic rings. The van der Waals surface area contributed by atoms with E-state index in [2.05, 4.69) is 5.10 Å². The largest absolute Gasteiger partial charge is 0.378 e. The Hall–Kier alpha value is -2.14. The number of aromatic nitrogens is 2. The average Bonchev–Trinajstić information content (AvgIpc) is 2.97. The molecule has 1 aromatic heterocycles. The molecule has 3 rings (SSSR count). The van der Waals surface area contributed by atoms with Crippen LogP contribution in [0.2, 0.25) is 0 Å². The molecule has 0 saturated carbocycles. The molecule has 5 heteroatoms. The van der Waals surface area contributed by atoms with Gasteiger partial charge in [0, 0.05) is 24.8 Å². The van der Waals surface area contributed by atoms with Crippen molar-refractivity contribution in [3.63, 3.8) is 0 Å². The molecular formula is C15H17N3O2. The zero-order chi connectivity index (χ0) is 13.8. The van der Waals surface area contributed by atoms with Gasteiger partial charge in [-0.1, -0.05) is 30.3 Å². The number of amides is 1. The lowest BCUT2D eigenvalue weighted by atomic mass is 10.2. The first-order valence-electron chi connectivity index (χ1n) is 6.77. The average molecular weight is 271 g/mol. The third-order valence-electron chi connectivity index (χ3n) is 3.37. The van der Waals surface area contributed by atoms with Gasteiger partial charge in [-0.2, -0.15) is 5.10 Å². The highest BCUT2D eigenvalue weighted by atomic mass is 16.5. The van der Waals surface area contributed by atoms with Crippen LogP contribution in [0.5, 0.6) is 0 Å². The lowest BCUT2D eigenvalue weighted by Gasteiger charge is -2.26. The van der Waals surface area contributed by atoms with Crippen LogP contribution in [0.4, 0.5) is 0 Å². The Labute approximate surface area is 117 Å². The molecule has 0 bridgehead atoms. The molecule has 0 N–H and O–H groups in total. The van der Waals surface area contributed by atoms with Crippen LogP contribution in [0.25, 0.3) is 11.3 Å². The van der Waals surface area contributed by atoms with E-state index >= 15 is 0 Å². The van der Waals surface area contributed by atoms with Crippen molar-refractivity contribution in [3.05, 3.63) is 42.6 Å². The summed E-state index contributed by atoms with van der Waals surface area (Å²) in [4.78, 5) is 13.9. The van der Waals surface area contributed by atoms with Crippen molar-refractivity contribution in [1.82, 2.24) is 14.7 Å². The number of hydrogen-bond donors (Lipinski definition) is 0. The Balaban J connectivity index is 1.66. The van der Waals surface area contributed by atoms with Crippen molar-refractivity contribution in [2.75, 3.05) is 26.3 Å².